The smallest absolute Gasteiger partial charge is 0.408 e. The van der Waals surface area contributed by atoms with E-state index in [0.717, 1.165) is 22.0 Å². The standard InChI is InChI=1S/C31H31N3O7/c1-20(33-31(39)40-19-22-12-6-3-7-13-22)30(38)41-27(16-21-10-4-2-5-11-21)28(35)34-26(29(36)37)17-23-18-32-25-15-9-8-14-24(23)25/h2-15,18,20,26-27,32H,16-17,19H2,1H3,(H,33,39)(H,34,35)(H,36,37)/t20-,26-,27-/m0/s1. The second-order valence-electron chi connectivity index (χ2n) is 9.51. The molecule has 10 nitrogen and oxygen atoms in total. The van der Waals surface area contributed by atoms with E-state index in [1.807, 2.05) is 42.5 Å². The monoisotopic (exact) mass is 557 g/mol. The van der Waals surface area contributed by atoms with E-state index in [9.17, 15) is 24.3 Å². The van der Waals surface area contributed by atoms with Gasteiger partial charge in [-0.05, 0) is 29.7 Å². The number of nitrogens with one attached hydrogen (secondary N) is 3. The van der Waals surface area contributed by atoms with Crippen LogP contribution in [-0.2, 0) is 43.3 Å². The van der Waals surface area contributed by atoms with Crippen LogP contribution in [-0.4, -0.2) is 52.2 Å². The minimum absolute atomic E-state index is 0.00299. The molecule has 0 saturated heterocycles. The number of aliphatic carboxylic acids is 1. The molecule has 212 valence electrons. The van der Waals surface area contributed by atoms with E-state index >= 15 is 0 Å². The number of hydrogen-bond donors (Lipinski definition) is 4. The summed E-state index contributed by atoms with van der Waals surface area (Å²) in [5.74, 6) is -2.88. The summed E-state index contributed by atoms with van der Waals surface area (Å²) in [4.78, 5) is 53.6. The van der Waals surface area contributed by atoms with Crippen molar-refractivity contribution in [3.05, 3.63) is 108 Å². The molecule has 0 saturated carbocycles. The van der Waals surface area contributed by atoms with E-state index in [1.54, 1.807) is 48.7 Å². The Morgan fingerprint density at radius 1 is 0.829 bits per heavy atom. The van der Waals surface area contributed by atoms with Crippen LogP contribution in [0.1, 0.15) is 23.6 Å². The first-order chi connectivity index (χ1) is 19.8. The van der Waals surface area contributed by atoms with Crippen LogP contribution in [0.15, 0.2) is 91.1 Å². The Morgan fingerprint density at radius 2 is 1.46 bits per heavy atom. The number of amides is 2. The number of H-pyrrole nitrogens is 1. The maximum atomic E-state index is 13.3. The number of fused-ring (bicyclic) bond motifs is 1. The fraction of sp³-hybridized carbons (Fsp3) is 0.226. The van der Waals surface area contributed by atoms with E-state index < -0.39 is 42.1 Å². The normalized spacial score (nSPS) is 13.0. The molecule has 0 bridgehead atoms. The van der Waals surface area contributed by atoms with Gasteiger partial charge in [0.05, 0.1) is 0 Å². The molecule has 4 N–H and O–H groups in total. The SMILES string of the molecule is C[C@H](NC(=O)OCc1ccccc1)C(=O)O[C@@H](Cc1ccccc1)C(=O)N[C@@H](Cc1c[nH]c2ccccc12)C(=O)O. The van der Waals surface area contributed by atoms with Crippen LogP contribution in [0.5, 0.6) is 0 Å². The summed E-state index contributed by atoms with van der Waals surface area (Å²) in [5, 5.41) is 15.6. The van der Waals surface area contributed by atoms with Gasteiger partial charge in [-0.3, -0.25) is 4.79 Å². The number of esters is 1. The summed E-state index contributed by atoms with van der Waals surface area (Å²) >= 11 is 0. The van der Waals surface area contributed by atoms with Crippen molar-refractivity contribution in [2.45, 2.75) is 44.6 Å². The zero-order chi connectivity index (χ0) is 29.2. The zero-order valence-corrected chi connectivity index (χ0v) is 22.4. The molecule has 1 heterocycles. The molecule has 0 unspecified atom stereocenters. The number of ether oxygens (including phenoxy) is 2. The molecule has 4 aromatic rings. The fourth-order valence-electron chi connectivity index (χ4n) is 4.24. The number of aromatic amines is 1. The Morgan fingerprint density at radius 3 is 2.15 bits per heavy atom. The lowest BCUT2D eigenvalue weighted by Gasteiger charge is -2.22. The van der Waals surface area contributed by atoms with Gasteiger partial charge in [0.25, 0.3) is 5.91 Å². The highest BCUT2D eigenvalue weighted by Crippen LogP contribution is 2.19. The molecule has 3 atom stereocenters. The summed E-state index contributed by atoms with van der Waals surface area (Å²) in [6, 6.07) is 22.9. The number of carbonyl (C=O) groups is 4. The van der Waals surface area contributed by atoms with Gasteiger partial charge in [0, 0.05) is 29.9 Å². The van der Waals surface area contributed by atoms with Gasteiger partial charge in [-0.1, -0.05) is 78.9 Å². The predicted octanol–water partition coefficient (Wildman–Crippen LogP) is 3.75. The summed E-state index contributed by atoms with van der Waals surface area (Å²) in [7, 11) is 0. The Bertz CT molecular complexity index is 1490. The van der Waals surface area contributed by atoms with Gasteiger partial charge < -0.3 is 30.2 Å². The quantitative estimate of drug-likeness (QED) is 0.194. The van der Waals surface area contributed by atoms with Crippen molar-refractivity contribution in [3.63, 3.8) is 0 Å². The molecule has 41 heavy (non-hydrogen) atoms. The number of carbonyl (C=O) groups excluding carboxylic acids is 3. The number of carboxylic acids is 1. The Hall–Kier alpha value is -5.12. The van der Waals surface area contributed by atoms with Gasteiger partial charge in [0.1, 0.15) is 18.7 Å². The zero-order valence-electron chi connectivity index (χ0n) is 22.4. The van der Waals surface area contributed by atoms with Crippen LogP contribution >= 0.6 is 0 Å². The summed E-state index contributed by atoms with van der Waals surface area (Å²) in [6.45, 7) is 1.42. The van der Waals surface area contributed by atoms with E-state index in [-0.39, 0.29) is 19.4 Å². The second-order valence-corrected chi connectivity index (χ2v) is 9.51. The summed E-state index contributed by atoms with van der Waals surface area (Å²) in [6.07, 6.45) is -0.449. The Balaban J connectivity index is 1.42. The van der Waals surface area contributed by atoms with Crippen molar-refractivity contribution in [2.24, 2.45) is 0 Å². The second kappa shape index (κ2) is 13.8. The minimum Gasteiger partial charge on any atom is -0.480 e. The van der Waals surface area contributed by atoms with Crippen LogP contribution in [0.4, 0.5) is 4.79 Å². The van der Waals surface area contributed by atoms with Gasteiger partial charge in [-0.25, -0.2) is 14.4 Å². The van der Waals surface area contributed by atoms with Crippen molar-refractivity contribution < 1.29 is 33.8 Å². The molecule has 2 amide bonds. The molecule has 0 aliphatic heterocycles. The van der Waals surface area contributed by atoms with Gasteiger partial charge in [-0.2, -0.15) is 0 Å². The van der Waals surface area contributed by atoms with Crippen molar-refractivity contribution in [3.8, 4) is 0 Å². The number of carboxylic acid groups (broad SMARTS) is 1. The van der Waals surface area contributed by atoms with Crippen LogP contribution in [0.3, 0.4) is 0 Å². The van der Waals surface area contributed by atoms with Crippen LogP contribution in [0.25, 0.3) is 10.9 Å². The lowest BCUT2D eigenvalue weighted by molar-refractivity contribution is -0.158. The summed E-state index contributed by atoms with van der Waals surface area (Å²) in [5.41, 5.74) is 3.04. The van der Waals surface area contributed by atoms with Crippen molar-refractivity contribution in [1.29, 1.82) is 0 Å². The number of alkyl carbamates (subject to hydrolysis) is 1. The lowest BCUT2D eigenvalue weighted by Crippen LogP contribution is -2.50. The number of benzene rings is 3. The minimum atomic E-state index is -1.35. The molecular weight excluding hydrogens is 526 g/mol. The third-order valence-corrected chi connectivity index (χ3v) is 6.43. The molecule has 4 rings (SSSR count). The Labute approximate surface area is 236 Å². The van der Waals surface area contributed by atoms with Crippen LogP contribution < -0.4 is 10.6 Å². The predicted molar refractivity (Wildman–Crippen MR) is 151 cm³/mol. The van der Waals surface area contributed by atoms with Crippen LogP contribution in [0.2, 0.25) is 0 Å². The van der Waals surface area contributed by atoms with Crippen molar-refractivity contribution in [2.75, 3.05) is 0 Å². The van der Waals surface area contributed by atoms with Crippen LogP contribution in [0, 0.1) is 0 Å². The average molecular weight is 558 g/mol. The number of hydrogen-bond acceptors (Lipinski definition) is 6. The first-order valence-corrected chi connectivity index (χ1v) is 13.1. The number of rotatable bonds is 12. The summed E-state index contributed by atoms with van der Waals surface area (Å²) < 4.78 is 10.7. The third-order valence-electron chi connectivity index (χ3n) is 6.43. The maximum Gasteiger partial charge on any atom is 0.408 e. The van der Waals surface area contributed by atoms with E-state index in [1.165, 1.54) is 6.92 Å². The van der Waals surface area contributed by atoms with Gasteiger partial charge in [0.2, 0.25) is 0 Å². The molecule has 0 aliphatic carbocycles. The molecule has 0 fully saturated rings. The largest absolute Gasteiger partial charge is 0.480 e. The van der Waals surface area contributed by atoms with Crippen molar-refractivity contribution >= 4 is 34.8 Å². The van der Waals surface area contributed by atoms with Gasteiger partial charge in [0.15, 0.2) is 6.10 Å². The third kappa shape index (κ3) is 8.18. The van der Waals surface area contributed by atoms with Gasteiger partial charge in [-0.15, -0.1) is 0 Å². The molecule has 0 aliphatic rings. The maximum absolute atomic E-state index is 13.3. The molecule has 1 aromatic heterocycles. The highest BCUT2D eigenvalue weighted by atomic mass is 16.6. The fourth-order valence-corrected chi connectivity index (χ4v) is 4.24. The average Bonchev–Trinajstić information content (AvgIpc) is 3.39. The van der Waals surface area contributed by atoms with Gasteiger partial charge >= 0.3 is 18.0 Å². The van der Waals surface area contributed by atoms with E-state index in [4.69, 9.17) is 9.47 Å². The molecule has 0 spiro atoms. The number of para-hydroxylation sites is 1. The molecule has 10 heteroatoms. The Kier molecular flexibility index (Phi) is 9.71. The van der Waals surface area contributed by atoms with E-state index in [2.05, 4.69) is 15.6 Å². The topological polar surface area (TPSA) is 147 Å². The first-order valence-electron chi connectivity index (χ1n) is 13.1. The highest BCUT2D eigenvalue weighted by molar-refractivity contribution is 5.90. The molecule has 0 radical (unpaired) electrons. The van der Waals surface area contributed by atoms with E-state index in [0.29, 0.717) is 5.56 Å². The lowest BCUT2D eigenvalue weighted by atomic mass is 10.0. The highest BCUT2D eigenvalue weighted by Gasteiger charge is 2.31. The first kappa shape index (κ1) is 28.9. The van der Waals surface area contributed by atoms with Crippen molar-refractivity contribution in [1.82, 2.24) is 15.6 Å². The molecular formula is C31H31N3O7. The molecule has 3 aromatic carbocycles. The number of aromatic nitrogens is 1.